The van der Waals surface area contributed by atoms with Crippen LogP contribution in [0.1, 0.15) is 35.8 Å². The normalized spacial score (nSPS) is 13.1. The topological polar surface area (TPSA) is 54.5 Å². The van der Waals surface area contributed by atoms with E-state index in [2.05, 4.69) is 0 Å². The highest BCUT2D eigenvalue weighted by molar-refractivity contribution is 7.89. The Morgan fingerprint density at radius 1 is 1.09 bits per heavy atom. The molecule has 0 heterocycles. The summed E-state index contributed by atoms with van der Waals surface area (Å²) in [5.41, 5.74) is 1.21. The van der Waals surface area contributed by atoms with Gasteiger partial charge in [-0.15, -0.1) is 0 Å². The zero-order chi connectivity index (χ0) is 17.2. The average molecular weight is 352 g/mol. The molecule has 0 saturated heterocycles. The van der Waals surface area contributed by atoms with Gasteiger partial charge < -0.3 is 0 Å². The first kappa shape index (κ1) is 17.7. The molecule has 0 radical (unpaired) electrons. The van der Waals surface area contributed by atoms with E-state index in [0.29, 0.717) is 10.6 Å². The largest absolute Gasteiger partial charge is 0.295 e. The van der Waals surface area contributed by atoms with Crippen molar-refractivity contribution in [2.24, 2.45) is 0 Å². The van der Waals surface area contributed by atoms with Crippen LogP contribution < -0.4 is 0 Å². The van der Waals surface area contributed by atoms with E-state index in [9.17, 15) is 13.2 Å². The van der Waals surface area contributed by atoms with Gasteiger partial charge in [-0.05, 0) is 37.6 Å². The molecule has 6 heteroatoms. The van der Waals surface area contributed by atoms with Crippen LogP contribution in [0.25, 0.3) is 0 Å². The number of benzene rings is 2. The number of nitrogens with zero attached hydrogens (tertiary/aromatic N) is 1. The van der Waals surface area contributed by atoms with Crippen LogP contribution in [-0.4, -0.2) is 25.6 Å². The van der Waals surface area contributed by atoms with Gasteiger partial charge in [-0.25, -0.2) is 8.42 Å². The number of carbonyl (C=O) groups excluding carboxylic acids is 1. The minimum atomic E-state index is -3.68. The number of hydrogen-bond acceptors (Lipinski definition) is 3. The maximum atomic E-state index is 12.7. The minimum absolute atomic E-state index is 0.105. The average Bonchev–Trinajstić information content (AvgIpc) is 2.54. The van der Waals surface area contributed by atoms with E-state index in [1.54, 1.807) is 25.1 Å². The third-order valence-corrected chi connectivity index (χ3v) is 6.13. The van der Waals surface area contributed by atoms with E-state index in [1.165, 1.54) is 42.5 Å². The van der Waals surface area contributed by atoms with Crippen LogP contribution in [0.4, 0.5) is 0 Å². The molecule has 2 aromatic carbocycles. The van der Waals surface area contributed by atoms with Gasteiger partial charge in [0.05, 0.1) is 4.90 Å². The fourth-order valence-electron chi connectivity index (χ4n) is 2.25. The van der Waals surface area contributed by atoms with Crippen LogP contribution in [-0.2, 0) is 10.0 Å². The van der Waals surface area contributed by atoms with Crippen LogP contribution in [0.3, 0.4) is 0 Å². The maximum absolute atomic E-state index is 12.7. The second-order valence-corrected chi connectivity index (χ2v) is 7.70. The van der Waals surface area contributed by atoms with Crippen molar-refractivity contribution in [1.29, 1.82) is 0 Å². The van der Waals surface area contributed by atoms with Crippen LogP contribution in [0.15, 0.2) is 53.4 Å². The van der Waals surface area contributed by atoms with Gasteiger partial charge in [0, 0.05) is 23.7 Å². The van der Waals surface area contributed by atoms with E-state index >= 15 is 0 Å². The van der Waals surface area contributed by atoms with Crippen molar-refractivity contribution in [3.63, 3.8) is 0 Å². The highest BCUT2D eigenvalue weighted by Crippen LogP contribution is 2.30. The Kier molecular flexibility index (Phi) is 5.24. The van der Waals surface area contributed by atoms with Gasteiger partial charge >= 0.3 is 0 Å². The summed E-state index contributed by atoms with van der Waals surface area (Å²) in [4.78, 5) is 11.4. The van der Waals surface area contributed by atoms with Gasteiger partial charge in [-0.2, -0.15) is 4.31 Å². The fourth-order valence-corrected chi connectivity index (χ4v) is 3.88. The molecule has 2 rings (SSSR count). The van der Waals surface area contributed by atoms with Crippen molar-refractivity contribution in [1.82, 2.24) is 4.31 Å². The maximum Gasteiger partial charge on any atom is 0.243 e. The molecule has 0 saturated carbocycles. The van der Waals surface area contributed by atoms with E-state index in [-0.39, 0.29) is 10.7 Å². The molecule has 0 aromatic heterocycles. The number of ketones is 1. The number of halogens is 1. The molecule has 0 amide bonds. The third kappa shape index (κ3) is 3.63. The summed E-state index contributed by atoms with van der Waals surface area (Å²) in [6, 6.07) is 12.7. The lowest BCUT2D eigenvalue weighted by Crippen LogP contribution is -2.30. The molecule has 122 valence electrons. The lowest BCUT2D eigenvalue weighted by molar-refractivity contribution is 0.101. The van der Waals surface area contributed by atoms with Crippen molar-refractivity contribution in [3.8, 4) is 0 Å². The van der Waals surface area contributed by atoms with E-state index in [0.717, 1.165) is 5.56 Å². The van der Waals surface area contributed by atoms with Crippen molar-refractivity contribution >= 4 is 27.4 Å². The summed E-state index contributed by atoms with van der Waals surface area (Å²) in [6.45, 7) is 3.22. The van der Waals surface area contributed by atoms with Gasteiger partial charge in [0.25, 0.3) is 0 Å². The van der Waals surface area contributed by atoms with Gasteiger partial charge in [0.15, 0.2) is 5.78 Å². The van der Waals surface area contributed by atoms with E-state index in [1.807, 2.05) is 6.07 Å². The summed E-state index contributed by atoms with van der Waals surface area (Å²) in [7, 11) is -2.17. The van der Waals surface area contributed by atoms with Crippen LogP contribution in [0, 0.1) is 0 Å². The Balaban J connectivity index is 2.35. The van der Waals surface area contributed by atoms with E-state index < -0.39 is 16.1 Å². The highest BCUT2D eigenvalue weighted by atomic mass is 35.5. The van der Waals surface area contributed by atoms with Gasteiger partial charge in [-0.3, -0.25) is 4.79 Å². The zero-order valence-electron chi connectivity index (χ0n) is 13.2. The van der Waals surface area contributed by atoms with Gasteiger partial charge in [-0.1, -0.05) is 41.9 Å². The Morgan fingerprint density at radius 3 is 2.17 bits per heavy atom. The summed E-state index contributed by atoms with van der Waals surface area (Å²) >= 11 is 6.16. The molecule has 4 nitrogen and oxygen atoms in total. The second kappa shape index (κ2) is 6.83. The van der Waals surface area contributed by atoms with Crippen molar-refractivity contribution in [2.45, 2.75) is 24.8 Å². The Morgan fingerprint density at radius 2 is 1.65 bits per heavy atom. The summed E-state index contributed by atoms with van der Waals surface area (Å²) in [6.07, 6.45) is 0. The standard InChI is InChI=1S/C17H18ClNO3S/c1-12(16-6-4-5-7-17(16)18)19(3)23(21,22)15-10-8-14(9-11-15)13(2)20/h4-12H,1-3H3. The monoisotopic (exact) mass is 351 g/mol. The Hall–Kier alpha value is -1.69. The fraction of sp³-hybridized carbons (Fsp3) is 0.235. The molecule has 1 unspecified atom stereocenters. The second-order valence-electron chi connectivity index (χ2n) is 5.30. The van der Waals surface area contributed by atoms with Crippen molar-refractivity contribution in [2.75, 3.05) is 7.05 Å². The Bertz CT molecular complexity index is 816. The molecule has 0 aliphatic carbocycles. The van der Waals surface area contributed by atoms with Crippen LogP contribution in [0.2, 0.25) is 5.02 Å². The SMILES string of the molecule is CC(=O)c1ccc(S(=O)(=O)N(C)C(C)c2ccccc2Cl)cc1. The summed E-state index contributed by atoms with van der Waals surface area (Å²) < 4.78 is 26.7. The molecule has 0 aliphatic heterocycles. The Labute approximate surface area is 141 Å². The van der Waals surface area contributed by atoms with Crippen LogP contribution >= 0.6 is 11.6 Å². The molecule has 0 fully saturated rings. The van der Waals surface area contributed by atoms with Crippen LogP contribution in [0.5, 0.6) is 0 Å². The molecule has 0 spiro atoms. The summed E-state index contributed by atoms with van der Waals surface area (Å²) in [5, 5.41) is 0.522. The van der Waals surface area contributed by atoms with E-state index in [4.69, 9.17) is 11.6 Å². The number of carbonyl (C=O) groups is 1. The minimum Gasteiger partial charge on any atom is -0.295 e. The van der Waals surface area contributed by atoms with Gasteiger partial charge in [0.1, 0.15) is 0 Å². The number of Topliss-reactive ketones (excluding diaryl/α,β-unsaturated/α-hetero) is 1. The summed E-state index contributed by atoms with van der Waals surface area (Å²) in [5.74, 6) is -0.105. The first-order chi connectivity index (χ1) is 10.7. The first-order valence-electron chi connectivity index (χ1n) is 7.08. The number of hydrogen-bond donors (Lipinski definition) is 0. The predicted molar refractivity (Wildman–Crippen MR) is 91.3 cm³/mol. The molecule has 23 heavy (non-hydrogen) atoms. The van der Waals surface area contributed by atoms with Crippen molar-refractivity contribution < 1.29 is 13.2 Å². The predicted octanol–water partition coefficient (Wildman–Crippen LogP) is 3.92. The zero-order valence-corrected chi connectivity index (χ0v) is 14.7. The molecule has 2 aromatic rings. The quantitative estimate of drug-likeness (QED) is 0.767. The molecule has 0 bridgehead atoms. The lowest BCUT2D eigenvalue weighted by Gasteiger charge is -2.25. The number of sulfonamides is 1. The highest BCUT2D eigenvalue weighted by Gasteiger charge is 2.27. The molecule has 0 aliphatic rings. The van der Waals surface area contributed by atoms with Gasteiger partial charge in [0.2, 0.25) is 10.0 Å². The molecule has 0 N–H and O–H groups in total. The smallest absolute Gasteiger partial charge is 0.243 e. The first-order valence-corrected chi connectivity index (χ1v) is 8.90. The molecular weight excluding hydrogens is 334 g/mol. The number of rotatable bonds is 5. The molecule has 1 atom stereocenters. The lowest BCUT2D eigenvalue weighted by atomic mass is 10.1. The molecular formula is C17H18ClNO3S. The van der Waals surface area contributed by atoms with Crippen molar-refractivity contribution in [3.05, 3.63) is 64.7 Å². The third-order valence-electron chi connectivity index (χ3n) is 3.84.